The van der Waals surface area contributed by atoms with Crippen LogP contribution in [-0.2, 0) is 16.8 Å². The predicted molar refractivity (Wildman–Crippen MR) is 83.5 cm³/mol. The van der Waals surface area contributed by atoms with Crippen LogP contribution in [0, 0.1) is 11.3 Å². The number of nitriles is 1. The third-order valence-electron chi connectivity index (χ3n) is 3.78. The maximum Gasteiger partial charge on any atom is 0.412 e. The lowest BCUT2D eigenvalue weighted by atomic mass is 9.91. The average molecular weight is 292 g/mol. The monoisotopic (exact) mass is 292 g/mol. The smallest absolute Gasteiger partial charge is 0.412 e. The molecular weight excluding hydrogens is 276 g/mol. The summed E-state index contributed by atoms with van der Waals surface area (Å²) in [6.07, 6.45) is 0.305. The van der Waals surface area contributed by atoms with E-state index in [-0.39, 0.29) is 0 Å². The molecule has 0 atom stereocenters. The van der Waals surface area contributed by atoms with Gasteiger partial charge in [0.25, 0.3) is 0 Å². The van der Waals surface area contributed by atoms with Crippen molar-refractivity contribution in [2.24, 2.45) is 0 Å². The summed E-state index contributed by atoms with van der Waals surface area (Å²) >= 11 is 0. The van der Waals surface area contributed by atoms with E-state index in [9.17, 15) is 4.79 Å². The first-order chi connectivity index (χ1) is 10.5. The molecule has 1 aliphatic rings. The quantitative estimate of drug-likeness (QED) is 0.911. The molecule has 0 spiro atoms. The van der Waals surface area contributed by atoms with Gasteiger partial charge in [0.2, 0.25) is 0 Å². The van der Waals surface area contributed by atoms with E-state index in [4.69, 9.17) is 10.00 Å². The van der Waals surface area contributed by atoms with Crippen LogP contribution < -0.4 is 5.32 Å². The van der Waals surface area contributed by atoms with Crippen molar-refractivity contribution in [1.82, 2.24) is 0 Å². The minimum atomic E-state index is -0.651. The third kappa shape index (κ3) is 2.66. The molecule has 110 valence electrons. The van der Waals surface area contributed by atoms with Crippen molar-refractivity contribution in [2.45, 2.75) is 25.9 Å². The highest BCUT2D eigenvalue weighted by atomic mass is 16.6. The van der Waals surface area contributed by atoms with Gasteiger partial charge in [0.05, 0.1) is 17.3 Å². The molecule has 1 aliphatic heterocycles. The zero-order valence-electron chi connectivity index (χ0n) is 12.5. The van der Waals surface area contributed by atoms with Gasteiger partial charge in [0.1, 0.15) is 5.60 Å². The Balaban J connectivity index is 1.94. The van der Waals surface area contributed by atoms with Crippen molar-refractivity contribution < 1.29 is 9.53 Å². The molecule has 22 heavy (non-hydrogen) atoms. The highest BCUT2D eigenvalue weighted by molar-refractivity contribution is 5.88. The van der Waals surface area contributed by atoms with Gasteiger partial charge in [-0.2, -0.15) is 5.26 Å². The van der Waals surface area contributed by atoms with Crippen LogP contribution in [0.4, 0.5) is 10.5 Å². The Bertz CT molecular complexity index is 788. The largest absolute Gasteiger partial charge is 0.438 e. The van der Waals surface area contributed by atoms with Crippen LogP contribution in [0.2, 0.25) is 0 Å². The molecule has 4 nitrogen and oxygen atoms in total. The summed E-state index contributed by atoms with van der Waals surface area (Å²) in [6, 6.07) is 15.7. The zero-order chi connectivity index (χ0) is 15.7. The maximum absolute atomic E-state index is 11.5. The molecule has 0 unspecified atom stereocenters. The number of carbonyl (C=O) groups excluding carboxylic acids is 1. The van der Waals surface area contributed by atoms with Crippen molar-refractivity contribution in [3.8, 4) is 6.07 Å². The SMILES string of the molecule is CC1(C)OC(=O)Nc2ccc(Cc3cccc(C#N)c3)cc21. The van der Waals surface area contributed by atoms with Gasteiger partial charge in [-0.15, -0.1) is 0 Å². The van der Waals surface area contributed by atoms with E-state index in [1.54, 1.807) is 6.07 Å². The number of anilines is 1. The fourth-order valence-electron chi connectivity index (χ4n) is 2.72. The van der Waals surface area contributed by atoms with E-state index in [0.29, 0.717) is 5.56 Å². The molecule has 2 aromatic carbocycles. The highest BCUT2D eigenvalue weighted by Crippen LogP contribution is 2.36. The van der Waals surface area contributed by atoms with Gasteiger partial charge >= 0.3 is 6.09 Å². The number of benzene rings is 2. The number of hydrogen-bond acceptors (Lipinski definition) is 3. The van der Waals surface area contributed by atoms with Crippen molar-refractivity contribution in [2.75, 3.05) is 5.32 Å². The fourth-order valence-corrected chi connectivity index (χ4v) is 2.72. The summed E-state index contributed by atoms with van der Waals surface area (Å²) in [5, 5.41) is 11.7. The summed E-state index contributed by atoms with van der Waals surface area (Å²) in [5.41, 5.74) is 3.95. The van der Waals surface area contributed by atoms with Crippen LogP contribution in [-0.4, -0.2) is 6.09 Å². The lowest BCUT2D eigenvalue weighted by Gasteiger charge is -2.32. The summed E-state index contributed by atoms with van der Waals surface area (Å²) in [6.45, 7) is 3.76. The number of fused-ring (bicyclic) bond motifs is 1. The molecule has 0 saturated carbocycles. The molecular formula is C18H16N2O2. The Morgan fingerprint density at radius 1 is 1.18 bits per heavy atom. The van der Waals surface area contributed by atoms with E-state index >= 15 is 0 Å². The molecule has 0 aliphatic carbocycles. The van der Waals surface area contributed by atoms with Gasteiger partial charge in [0, 0.05) is 5.56 Å². The minimum absolute atomic E-state index is 0.424. The summed E-state index contributed by atoms with van der Waals surface area (Å²) in [7, 11) is 0. The van der Waals surface area contributed by atoms with E-state index in [0.717, 1.165) is 28.8 Å². The molecule has 2 aromatic rings. The minimum Gasteiger partial charge on any atom is -0.438 e. The first kappa shape index (κ1) is 14.2. The Morgan fingerprint density at radius 3 is 2.73 bits per heavy atom. The van der Waals surface area contributed by atoms with Gasteiger partial charge in [-0.3, -0.25) is 5.32 Å². The lowest BCUT2D eigenvalue weighted by molar-refractivity contribution is 0.0420. The summed E-state index contributed by atoms with van der Waals surface area (Å²) in [5.74, 6) is 0. The van der Waals surface area contributed by atoms with Crippen molar-refractivity contribution in [3.63, 3.8) is 0 Å². The Kier molecular flexibility index (Phi) is 3.34. The van der Waals surface area contributed by atoms with Crippen LogP contribution in [0.5, 0.6) is 0 Å². The molecule has 0 aromatic heterocycles. The number of amides is 1. The van der Waals surface area contributed by atoms with Crippen LogP contribution >= 0.6 is 0 Å². The molecule has 0 fully saturated rings. The van der Waals surface area contributed by atoms with Crippen LogP contribution in [0.3, 0.4) is 0 Å². The van der Waals surface area contributed by atoms with Crippen LogP contribution in [0.15, 0.2) is 42.5 Å². The molecule has 4 heteroatoms. The van der Waals surface area contributed by atoms with Crippen molar-refractivity contribution in [3.05, 3.63) is 64.7 Å². The molecule has 0 saturated heterocycles. The van der Waals surface area contributed by atoms with Crippen LogP contribution in [0.1, 0.15) is 36.1 Å². The Morgan fingerprint density at radius 2 is 1.95 bits per heavy atom. The number of carbonyl (C=O) groups is 1. The normalized spacial score (nSPS) is 15.2. The van der Waals surface area contributed by atoms with Gasteiger partial charge in [0.15, 0.2) is 0 Å². The maximum atomic E-state index is 11.5. The fraction of sp³-hybridized carbons (Fsp3) is 0.222. The number of rotatable bonds is 2. The van der Waals surface area contributed by atoms with E-state index in [1.807, 2.05) is 50.2 Å². The zero-order valence-corrected chi connectivity index (χ0v) is 12.5. The van der Waals surface area contributed by atoms with Gasteiger partial charge in [-0.1, -0.05) is 18.2 Å². The van der Waals surface area contributed by atoms with E-state index in [2.05, 4.69) is 11.4 Å². The second kappa shape index (κ2) is 5.19. The predicted octanol–water partition coefficient (Wildman–Crippen LogP) is 3.95. The second-order valence-electron chi connectivity index (χ2n) is 5.89. The highest BCUT2D eigenvalue weighted by Gasteiger charge is 2.33. The molecule has 0 bridgehead atoms. The first-order valence-electron chi connectivity index (χ1n) is 7.10. The summed E-state index contributed by atoms with van der Waals surface area (Å²) in [4.78, 5) is 11.5. The second-order valence-corrected chi connectivity index (χ2v) is 5.89. The third-order valence-corrected chi connectivity index (χ3v) is 3.78. The van der Waals surface area contributed by atoms with Crippen molar-refractivity contribution >= 4 is 11.8 Å². The standard InChI is InChI=1S/C18H16N2O2/c1-18(2)15-10-13(6-7-16(15)20-17(21)22-18)8-12-4-3-5-14(9-12)11-19/h3-7,9-10H,8H2,1-2H3,(H,20,21). The Hall–Kier alpha value is -2.80. The number of nitrogens with one attached hydrogen (secondary N) is 1. The van der Waals surface area contributed by atoms with Gasteiger partial charge in [-0.25, -0.2) is 4.79 Å². The van der Waals surface area contributed by atoms with Crippen molar-refractivity contribution in [1.29, 1.82) is 5.26 Å². The first-order valence-corrected chi connectivity index (χ1v) is 7.10. The topological polar surface area (TPSA) is 62.1 Å². The van der Waals surface area contributed by atoms with Gasteiger partial charge < -0.3 is 4.74 Å². The molecule has 1 heterocycles. The number of nitrogens with zero attached hydrogens (tertiary/aromatic N) is 1. The summed E-state index contributed by atoms with van der Waals surface area (Å²) < 4.78 is 5.35. The van der Waals surface area contributed by atoms with E-state index < -0.39 is 11.7 Å². The molecule has 0 radical (unpaired) electrons. The van der Waals surface area contributed by atoms with Gasteiger partial charge in [-0.05, 0) is 55.7 Å². The lowest BCUT2D eigenvalue weighted by Crippen LogP contribution is -2.34. The molecule has 1 N–H and O–H groups in total. The molecule has 3 rings (SSSR count). The Labute approximate surface area is 129 Å². The van der Waals surface area contributed by atoms with E-state index in [1.165, 1.54) is 0 Å². The number of cyclic esters (lactones) is 1. The number of ether oxygens (including phenoxy) is 1. The van der Waals surface area contributed by atoms with Crippen LogP contribution in [0.25, 0.3) is 0 Å². The average Bonchev–Trinajstić information content (AvgIpc) is 2.47. The number of hydrogen-bond donors (Lipinski definition) is 1. The molecule has 1 amide bonds.